The average Bonchev–Trinajstić information content (AvgIpc) is 2.64. The van der Waals surface area contributed by atoms with Gasteiger partial charge in [-0.2, -0.15) is 0 Å². The predicted octanol–water partition coefficient (Wildman–Crippen LogP) is 4.93. The molecule has 0 bridgehead atoms. The first kappa shape index (κ1) is 18.0. The molecule has 0 saturated heterocycles. The smallest absolute Gasteiger partial charge is 0.231 e. The molecule has 0 N–H and O–H groups in total. The molecule has 1 aromatic heterocycles. The summed E-state index contributed by atoms with van der Waals surface area (Å²) in [6, 6.07) is 9.31. The average molecular weight is 422 g/mol. The van der Waals surface area contributed by atoms with Crippen molar-refractivity contribution in [2.45, 2.75) is 25.3 Å². The van der Waals surface area contributed by atoms with Gasteiger partial charge in [0.25, 0.3) is 0 Å². The van der Waals surface area contributed by atoms with E-state index in [9.17, 15) is 4.79 Å². The molecule has 3 rings (SSSR count). The Labute approximate surface area is 160 Å². The van der Waals surface area contributed by atoms with Gasteiger partial charge in [-0.15, -0.1) is 0 Å². The summed E-state index contributed by atoms with van der Waals surface area (Å²) < 4.78 is 6.05. The molecule has 0 aliphatic carbocycles. The standard InChI is InChI=1S/C19H18BrClN2O2/c1-25-18-10-13(14(20)12-15(18)21)11-19(24)23-9-5-3-7-17(23)16-6-2-4-8-22-16/h2,4-6,8-10,12,17H,3,7,11H2,1H3. The SMILES string of the molecule is COc1cc(CC(=O)N2C=CCCC2c2ccccn2)c(Br)cc1Cl. The predicted molar refractivity (Wildman–Crippen MR) is 102 cm³/mol. The number of pyridine rings is 1. The number of amides is 1. The zero-order chi connectivity index (χ0) is 17.8. The molecule has 25 heavy (non-hydrogen) atoms. The quantitative estimate of drug-likeness (QED) is 0.703. The van der Waals surface area contributed by atoms with Crippen molar-refractivity contribution in [1.82, 2.24) is 9.88 Å². The van der Waals surface area contributed by atoms with Crippen LogP contribution >= 0.6 is 27.5 Å². The highest BCUT2D eigenvalue weighted by atomic mass is 79.9. The second kappa shape index (κ2) is 8.02. The van der Waals surface area contributed by atoms with E-state index in [0.717, 1.165) is 28.6 Å². The number of ether oxygens (including phenoxy) is 1. The second-order valence-corrected chi connectivity index (χ2v) is 7.05. The van der Waals surface area contributed by atoms with Crippen LogP contribution in [0.15, 0.2) is 53.3 Å². The number of allylic oxidation sites excluding steroid dienone is 1. The minimum atomic E-state index is -0.0355. The molecule has 1 atom stereocenters. The Morgan fingerprint density at radius 1 is 1.44 bits per heavy atom. The van der Waals surface area contributed by atoms with Gasteiger partial charge in [-0.1, -0.05) is 39.7 Å². The third kappa shape index (κ3) is 4.05. The number of halogens is 2. The minimum absolute atomic E-state index is 0.0108. The Hall–Kier alpha value is -1.85. The second-order valence-electron chi connectivity index (χ2n) is 5.79. The van der Waals surface area contributed by atoms with Crippen molar-refractivity contribution in [3.05, 3.63) is 69.6 Å². The lowest BCUT2D eigenvalue weighted by atomic mass is 10.0. The molecule has 1 aliphatic rings. The first-order chi connectivity index (χ1) is 12.1. The molecule has 0 radical (unpaired) electrons. The van der Waals surface area contributed by atoms with Crippen molar-refractivity contribution in [2.24, 2.45) is 0 Å². The van der Waals surface area contributed by atoms with Gasteiger partial charge in [0.15, 0.2) is 0 Å². The van der Waals surface area contributed by atoms with Crippen LogP contribution in [-0.4, -0.2) is 22.9 Å². The number of benzene rings is 1. The van der Waals surface area contributed by atoms with Gasteiger partial charge in [0.05, 0.1) is 30.3 Å². The van der Waals surface area contributed by atoms with Crippen LogP contribution in [-0.2, 0) is 11.2 Å². The van der Waals surface area contributed by atoms with E-state index < -0.39 is 0 Å². The fraction of sp³-hybridized carbons (Fsp3) is 0.263. The number of aromatic nitrogens is 1. The molecule has 6 heteroatoms. The third-order valence-electron chi connectivity index (χ3n) is 4.19. The highest BCUT2D eigenvalue weighted by Crippen LogP contribution is 2.33. The molecule has 4 nitrogen and oxygen atoms in total. The molecule has 1 amide bonds. The monoisotopic (exact) mass is 420 g/mol. The summed E-state index contributed by atoms with van der Waals surface area (Å²) >= 11 is 9.60. The number of carbonyl (C=O) groups excluding carboxylic acids is 1. The number of hydrogen-bond donors (Lipinski definition) is 0. The topological polar surface area (TPSA) is 42.4 Å². The molecule has 1 aromatic carbocycles. The van der Waals surface area contributed by atoms with Crippen molar-refractivity contribution in [3.63, 3.8) is 0 Å². The van der Waals surface area contributed by atoms with E-state index in [1.165, 1.54) is 0 Å². The Morgan fingerprint density at radius 2 is 2.28 bits per heavy atom. The largest absolute Gasteiger partial charge is 0.495 e. The van der Waals surface area contributed by atoms with Crippen molar-refractivity contribution in [2.75, 3.05) is 7.11 Å². The molecule has 1 aliphatic heterocycles. The van der Waals surface area contributed by atoms with E-state index in [2.05, 4.69) is 20.9 Å². The number of carbonyl (C=O) groups is 1. The van der Waals surface area contributed by atoms with E-state index in [4.69, 9.17) is 16.3 Å². The van der Waals surface area contributed by atoms with Gasteiger partial charge in [-0.05, 0) is 42.7 Å². The van der Waals surface area contributed by atoms with E-state index in [0.29, 0.717) is 10.8 Å². The van der Waals surface area contributed by atoms with Gasteiger partial charge < -0.3 is 9.64 Å². The van der Waals surface area contributed by atoms with E-state index in [-0.39, 0.29) is 18.4 Å². The number of nitrogens with zero attached hydrogens (tertiary/aromatic N) is 2. The molecule has 1 unspecified atom stereocenters. The lowest BCUT2D eigenvalue weighted by Gasteiger charge is -2.31. The summed E-state index contributed by atoms with van der Waals surface area (Å²) in [4.78, 5) is 19.1. The lowest BCUT2D eigenvalue weighted by molar-refractivity contribution is -0.130. The van der Waals surface area contributed by atoms with Crippen LogP contribution in [0.5, 0.6) is 5.75 Å². The summed E-state index contributed by atoms with van der Waals surface area (Å²) in [5.41, 5.74) is 1.75. The van der Waals surface area contributed by atoms with Crippen LogP contribution < -0.4 is 4.74 Å². The van der Waals surface area contributed by atoms with Gasteiger partial charge in [0.1, 0.15) is 5.75 Å². The van der Waals surface area contributed by atoms with E-state index >= 15 is 0 Å². The van der Waals surface area contributed by atoms with Crippen molar-refractivity contribution in [1.29, 1.82) is 0 Å². The molecule has 0 spiro atoms. The van der Waals surface area contributed by atoms with Crippen molar-refractivity contribution in [3.8, 4) is 5.75 Å². The normalized spacial score (nSPS) is 16.8. The van der Waals surface area contributed by atoms with Crippen LogP contribution in [0.2, 0.25) is 5.02 Å². The van der Waals surface area contributed by atoms with Crippen molar-refractivity contribution < 1.29 is 9.53 Å². The summed E-state index contributed by atoms with van der Waals surface area (Å²) in [5, 5.41) is 0.509. The summed E-state index contributed by atoms with van der Waals surface area (Å²) in [7, 11) is 1.56. The van der Waals surface area contributed by atoms with E-state index in [1.807, 2.05) is 30.5 Å². The Balaban J connectivity index is 1.84. The maximum absolute atomic E-state index is 12.9. The van der Waals surface area contributed by atoms with Gasteiger partial charge in [0.2, 0.25) is 5.91 Å². The van der Waals surface area contributed by atoms with Crippen LogP contribution in [0, 0.1) is 0 Å². The molecule has 0 fully saturated rings. The molecule has 2 heterocycles. The lowest BCUT2D eigenvalue weighted by Crippen LogP contribution is -2.33. The number of methoxy groups -OCH3 is 1. The summed E-state index contributed by atoms with van der Waals surface area (Å²) in [5.74, 6) is 0.569. The van der Waals surface area contributed by atoms with Gasteiger partial charge in [-0.3, -0.25) is 9.78 Å². The molecule has 0 saturated carbocycles. The maximum atomic E-state index is 12.9. The fourth-order valence-corrected chi connectivity index (χ4v) is 3.78. The zero-order valence-corrected chi connectivity index (χ0v) is 16.1. The summed E-state index contributed by atoms with van der Waals surface area (Å²) in [6.07, 6.45) is 7.70. The number of rotatable bonds is 4. The van der Waals surface area contributed by atoms with Crippen LogP contribution in [0.1, 0.15) is 30.1 Å². The first-order valence-electron chi connectivity index (χ1n) is 8.01. The van der Waals surface area contributed by atoms with E-state index in [1.54, 1.807) is 30.3 Å². The zero-order valence-electron chi connectivity index (χ0n) is 13.8. The Bertz CT molecular complexity index is 796. The highest BCUT2D eigenvalue weighted by Gasteiger charge is 2.26. The Kier molecular flexibility index (Phi) is 5.76. The maximum Gasteiger partial charge on any atom is 0.231 e. The minimum Gasteiger partial charge on any atom is -0.495 e. The molecule has 130 valence electrons. The van der Waals surface area contributed by atoms with Crippen LogP contribution in [0.25, 0.3) is 0 Å². The van der Waals surface area contributed by atoms with Gasteiger partial charge in [0, 0.05) is 16.9 Å². The Morgan fingerprint density at radius 3 is 3.00 bits per heavy atom. The molecule has 2 aromatic rings. The van der Waals surface area contributed by atoms with Gasteiger partial charge >= 0.3 is 0 Å². The first-order valence-corrected chi connectivity index (χ1v) is 9.18. The number of hydrogen-bond acceptors (Lipinski definition) is 3. The third-order valence-corrected chi connectivity index (χ3v) is 5.22. The molecular weight excluding hydrogens is 404 g/mol. The van der Waals surface area contributed by atoms with Crippen LogP contribution in [0.3, 0.4) is 0 Å². The fourth-order valence-electron chi connectivity index (χ4n) is 2.92. The van der Waals surface area contributed by atoms with Gasteiger partial charge in [-0.25, -0.2) is 0 Å². The molecular formula is C19H18BrClN2O2. The highest BCUT2D eigenvalue weighted by molar-refractivity contribution is 9.10. The van der Waals surface area contributed by atoms with Crippen LogP contribution in [0.4, 0.5) is 0 Å². The van der Waals surface area contributed by atoms with Crippen molar-refractivity contribution >= 4 is 33.4 Å². The summed E-state index contributed by atoms with van der Waals surface area (Å²) in [6.45, 7) is 0.